The first-order valence-electron chi connectivity index (χ1n) is 7.64. The van der Waals surface area contributed by atoms with E-state index in [1.807, 2.05) is 7.05 Å². The molecule has 7 heteroatoms. The fourth-order valence-electron chi connectivity index (χ4n) is 2.67. The molecule has 118 valence electrons. The number of hydrogen-bond donors (Lipinski definition) is 0. The van der Waals surface area contributed by atoms with Crippen LogP contribution in [-0.2, 0) is 11.3 Å². The van der Waals surface area contributed by atoms with E-state index in [1.165, 1.54) is 0 Å². The molecule has 0 saturated carbocycles. The topological polar surface area (TPSA) is 69.0 Å². The van der Waals surface area contributed by atoms with Crippen molar-refractivity contribution in [3.63, 3.8) is 0 Å². The minimum Gasteiger partial charge on any atom is -0.381 e. The Balaban J connectivity index is 1.75. The van der Waals surface area contributed by atoms with Gasteiger partial charge in [-0.05, 0) is 20.3 Å². The highest BCUT2D eigenvalue weighted by molar-refractivity contribution is 5.39. The lowest BCUT2D eigenvalue weighted by atomic mass is 10.0. The molecule has 0 aliphatic carbocycles. The molecule has 2 aromatic heterocycles. The van der Waals surface area contributed by atoms with E-state index in [2.05, 4.69) is 49.5 Å². The molecule has 0 aromatic carbocycles. The van der Waals surface area contributed by atoms with Crippen molar-refractivity contribution in [1.82, 2.24) is 24.7 Å². The number of anilines is 1. The SMILES string of the molecule is CC(C)n1cnnc1CN(C)c1cc(C2CCOC2)ncn1. The van der Waals surface area contributed by atoms with Gasteiger partial charge in [-0.25, -0.2) is 9.97 Å². The third kappa shape index (κ3) is 3.09. The molecule has 0 amide bonds. The first kappa shape index (κ1) is 14.9. The predicted molar refractivity (Wildman–Crippen MR) is 82.7 cm³/mol. The van der Waals surface area contributed by atoms with Gasteiger partial charge in [0.05, 0.1) is 18.8 Å². The zero-order valence-electron chi connectivity index (χ0n) is 13.3. The molecule has 7 nitrogen and oxygen atoms in total. The fraction of sp³-hybridized carbons (Fsp3) is 0.600. The molecule has 0 N–H and O–H groups in total. The van der Waals surface area contributed by atoms with Gasteiger partial charge in [0.25, 0.3) is 0 Å². The van der Waals surface area contributed by atoms with Crippen molar-refractivity contribution in [2.45, 2.75) is 38.8 Å². The van der Waals surface area contributed by atoms with E-state index in [9.17, 15) is 0 Å². The first-order chi connectivity index (χ1) is 10.6. The molecule has 1 unspecified atom stereocenters. The first-order valence-corrected chi connectivity index (χ1v) is 7.64. The van der Waals surface area contributed by atoms with Crippen LogP contribution >= 0.6 is 0 Å². The molecule has 22 heavy (non-hydrogen) atoms. The average molecular weight is 302 g/mol. The van der Waals surface area contributed by atoms with E-state index >= 15 is 0 Å². The van der Waals surface area contributed by atoms with Crippen LogP contribution in [0.25, 0.3) is 0 Å². The Morgan fingerprint density at radius 3 is 3.00 bits per heavy atom. The summed E-state index contributed by atoms with van der Waals surface area (Å²) in [6.45, 7) is 6.47. The Bertz CT molecular complexity index is 620. The Morgan fingerprint density at radius 1 is 1.41 bits per heavy atom. The largest absolute Gasteiger partial charge is 0.381 e. The maximum atomic E-state index is 5.44. The second kappa shape index (κ2) is 6.39. The standard InChI is InChI=1S/C15H22N6O/c1-11(2)21-10-18-19-15(21)7-20(3)14-6-13(16-9-17-14)12-4-5-22-8-12/h6,9-12H,4-5,7-8H2,1-3H3. The van der Waals surface area contributed by atoms with Gasteiger partial charge in [-0.3, -0.25) is 0 Å². The van der Waals surface area contributed by atoms with E-state index in [0.29, 0.717) is 18.5 Å². The molecule has 1 fully saturated rings. The van der Waals surface area contributed by atoms with Gasteiger partial charge in [0.2, 0.25) is 0 Å². The zero-order chi connectivity index (χ0) is 15.5. The van der Waals surface area contributed by atoms with Crippen LogP contribution in [0.2, 0.25) is 0 Å². The van der Waals surface area contributed by atoms with Crippen LogP contribution in [-0.4, -0.2) is 45.0 Å². The van der Waals surface area contributed by atoms with Crippen LogP contribution in [0.3, 0.4) is 0 Å². The van der Waals surface area contributed by atoms with Crippen molar-refractivity contribution in [2.75, 3.05) is 25.2 Å². The van der Waals surface area contributed by atoms with E-state index in [0.717, 1.165) is 37.0 Å². The molecule has 1 aliphatic rings. The Morgan fingerprint density at radius 2 is 2.27 bits per heavy atom. The minimum absolute atomic E-state index is 0.343. The summed E-state index contributed by atoms with van der Waals surface area (Å²) in [5, 5.41) is 8.22. The highest BCUT2D eigenvalue weighted by atomic mass is 16.5. The fourth-order valence-corrected chi connectivity index (χ4v) is 2.67. The summed E-state index contributed by atoms with van der Waals surface area (Å²) < 4.78 is 7.52. The van der Waals surface area contributed by atoms with E-state index in [4.69, 9.17) is 4.74 Å². The van der Waals surface area contributed by atoms with Crippen LogP contribution in [0, 0.1) is 0 Å². The third-order valence-corrected chi connectivity index (χ3v) is 4.00. The van der Waals surface area contributed by atoms with Gasteiger partial charge in [0.15, 0.2) is 5.82 Å². The molecule has 0 spiro atoms. The highest BCUT2D eigenvalue weighted by Gasteiger charge is 2.20. The van der Waals surface area contributed by atoms with Gasteiger partial charge < -0.3 is 14.2 Å². The lowest BCUT2D eigenvalue weighted by Crippen LogP contribution is -2.21. The summed E-state index contributed by atoms with van der Waals surface area (Å²) in [4.78, 5) is 10.9. The smallest absolute Gasteiger partial charge is 0.152 e. The second-order valence-corrected chi connectivity index (χ2v) is 5.97. The van der Waals surface area contributed by atoms with Crippen LogP contribution in [0.4, 0.5) is 5.82 Å². The molecular weight excluding hydrogens is 280 g/mol. The van der Waals surface area contributed by atoms with Gasteiger partial charge in [-0.15, -0.1) is 10.2 Å². The zero-order valence-corrected chi connectivity index (χ0v) is 13.3. The van der Waals surface area contributed by atoms with Gasteiger partial charge in [-0.2, -0.15) is 0 Å². The summed E-state index contributed by atoms with van der Waals surface area (Å²) in [7, 11) is 2.01. The summed E-state index contributed by atoms with van der Waals surface area (Å²) in [6.07, 6.45) is 4.43. The van der Waals surface area contributed by atoms with Crippen molar-refractivity contribution < 1.29 is 4.74 Å². The molecule has 2 aromatic rings. The lowest BCUT2D eigenvalue weighted by Gasteiger charge is -2.20. The van der Waals surface area contributed by atoms with Crippen molar-refractivity contribution in [3.8, 4) is 0 Å². The van der Waals surface area contributed by atoms with Crippen molar-refractivity contribution in [2.24, 2.45) is 0 Å². The summed E-state index contributed by atoms with van der Waals surface area (Å²) >= 11 is 0. The molecule has 0 bridgehead atoms. The Kier molecular flexibility index (Phi) is 4.33. The molecule has 1 saturated heterocycles. The highest BCUT2D eigenvalue weighted by Crippen LogP contribution is 2.25. The van der Waals surface area contributed by atoms with Gasteiger partial charge in [-0.1, -0.05) is 0 Å². The number of rotatable bonds is 5. The predicted octanol–water partition coefficient (Wildman–Crippen LogP) is 1.79. The lowest BCUT2D eigenvalue weighted by molar-refractivity contribution is 0.193. The second-order valence-electron chi connectivity index (χ2n) is 5.97. The number of hydrogen-bond acceptors (Lipinski definition) is 6. The summed E-state index contributed by atoms with van der Waals surface area (Å²) in [5.41, 5.74) is 1.06. The maximum absolute atomic E-state index is 5.44. The third-order valence-electron chi connectivity index (χ3n) is 4.00. The normalized spacial score (nSPS) is 18.1. The van der Waals surface area contributed by atoms with E-state index in [-0.39, 0.29) is 0 Å². The van der Waals surface area contributed by atoms with E-state index < -0.39 is 0 Å². The monoisotopic (exact) mass is 302 g/mol. The van der Waals surface area contributed by atoms with Crippen molar-refractivity contribution >= 4 is 5.82 Å². The molecule has 1 atom stereocenters. The Labute approximate surface area is 130 Å². The molecular formula is C15H22N6O. The quantitative estimate of drug-likeness (QED) is 0.838. The average Bonchev–Trinajstić information content (AvgIpc) is 3.18. The van der Waals surface area contributed by atoms with Gasteiger partial charge in [0, 0.05) is 31.7 Å². The molecule has 3 heterocycles. The number of nitrogens with zero attached hydrogens (tertiary/aromatic N) is 6. The summed E-state index contributed by atoms with van der Waals surface area (Å²) in [6, 6.07) is 2.39. The molecule has 0 radical (unpaired) electrons. The maximum Gasteiger partial charge on any atom is 0.152 e. The van der Waals surface area contributed by atoms with Crippen molar-refractivity contribution in [1.29, 1.82) is 0 Å². The van der Waals surface area contributed by atoms with Gasteiger partial charge >= 0.3 is 0 Å². The van der Waals surface area contributed by atoms with Gasteiger partial charge in [0.1, 0.15) is 18.5 Å². The van der Waals surface area contributed by atoms with Crippen LogP contribution in [0.15, 0.2) is 18.7 Å². The van der Waals surface area contributed by atoms with Crippen molar-refractivity contribution in [3.05, 3.63) is 30.2 Å². The minimum atomic E-state index is 0.343. The number of aromatic nitrogens is 5. The molecule has 3 rings (SSSR count). The van der Waals surface area contributed by atoms with E-state index in [1.54, 1.807) is 12.7 Å². The Hall–Kier alpha value is -2.02. The number of ether oxygens (including phenoxy) is 1. The molecule has 1 aliphatic heterocycles. The summed E-state index contributed by atoms with van der Waals surface area (Å²) in [5.74, 6) is 2.21. The van der Waals surface area contributed by atoms with Crippen LogP contribution in [0.5, 0.6) is 0 Å². The van der Waals surface area contributed by atoms with Crippen LogP contribution < -0.4 is 4.90 Å². The van der Waals surface area contributed by atoms with Crippen LogP contribution in [0.1, 0.15) is 43.7 Å².